The predicted molar refractivity (Wildman–Crippen MR) is 81.7 cm³/mol. The van der Waals surface area contributed by atoms with Gasteiger partial charge in [-0.05, 0) is 56.2 Å². The van der Waals surface area contributed by atoms with Crippen LogP contribution in [0.3, 0.4) is 0 Å². The fraction of sp³-hybridized carbons (Fsp3) is 0.625. The van der Waals surface area contributed by atoms with Gasteiger partial charge in [0.15, 0.2) is 0 Å². The topological polar surface area (TPSA) is 43.1 Å². The lowest BCUT2D eigenvalue weighted by Crippen LogP contribution is -2.43. The number of aryl methyl sites for hydroxylation is 2. The molecule has 4 atom stereocenters. The van der Waals surface area contributed by atoms with Crippen LogP contribution in [0.4, 0.5) is 0 Å². The van der Waals surface area contributed by atoms with Crippen molar-refractivity contribution in [3.05, 3.63) is 29.3 Å². The van der Waals surface area contributed by atoms with Gasteiger partial charge in [0.25, 0.3) is 0 Å². The highest BCUT2D eigenvalue weighted by molar-refractivity contribution is 7.85. The van der Waals surface area contributed by atoms with Crippen LogP contribution in [-0.4, -0.2) is 15.5 Å². The lowest BCUT2D eigenvalue weighted by Gasteiger charge is -2.33. The van der Waals surface area contributed by atoms with Gasteiger partial charge in [-0.3, -0.25) is 4.21 Å². The Balaban J connectivity index is 2.24. The van der Waals surface area contributed by atoms with Gasteiger partial charge in [-0.15, -0.1) is 0 Å². The molecule has 1 fully saturated rings. The first-order valence-electron chi connectivity index (χ1n) is 7.26. The van der Waals surface area contributed by atoms with Crippen LogP contribution in [0.5, 0.6) is 0 Å². The monoisotopic (exact) mass is 279 g/mol. The maximum atomic E-state index is 12.9. The van der Waals surface area contributed by atoms with Crippen molar-refractivity contribution in [3.63, 3.8) is 0 Å². The molecule has 106 valence electrons. The molecule has 0 aliphatic heterocycles. The molecule has 0 amide bonds. The number of benzene rings is 1. The maximum Gasteiger partial charge on any atom is 0.0579 e. The first-order chi connectivity index (χ1) is 9.02. The predicted octanol–water partition coefficient (Wildman–Crippen LogP) is 3.32. The highest BCUT2D eigenvalue weighted by atomic mass is 32.2. The summed E-state index contributed by atoms with van der Waals surface area (Å²) in [4.78, 5) is 0.984. The molecule has 0 saturated heterocycles. The fourth-order valence-electron chi connectivity index (χ4n) is 2.94. The Hall–Kier alpha value is -0.670. The van der Waals surface area contributed by atoms with Crippen LogP contribution in [0, 0.1) is 19.8 Å². The quantitative estimate of drug-likeness (QED) is 0.922. The average molecular weight is 279 g/mol. The van der Waals surface area contributed by atoms with E-state index in [9.17, 15) is 4.21 Å². The summed E-state index contributed by atoms with van der Waals surface area (Å²) in [6.07, 6.45) is 4.39. The highest BCUT2D eigenvalue weighted by Gasteiger charge is 2.32. The Morgan fingerprint density at radius 3 is 2.74 bits per heavy atom. The molecular formula is C16H25NOS. The molecule has 3 heteroatoms. The van der Waals surface area contributed by atoms with E-state index in [-0.39, 0.29) is 11.3 Å². The van der Waals surface area contributed by atoms with Gasteiger partial charge in [-0.1, -0.05) is 25.5 Å². The fourth-order valence-corrected chi connectivity index (χ4v) is 4.85. The molecule has 0 aromatic heterocycles. The van der Waals surface area contributed by atoms with E-state index < -0.39 is 10.8 Å². The third kappa shape index (κ3) is 3.26. The van der Waals surface area contributed by atoms with Crippen molar-refractivity contribution in [2.75, 3.05) is 0 Å². The third-order valence-electron chi connectivity index (χ3n) is 4.36. The molecule has 2 N–H and O–H groups in total. The van der Waals surface area contributed by atoms with Gasteiger partial charge in [0, 0.05) is 10.9 Å². The molecule has 2 nitrogen and oxygen atoms in total. The summed E-state index contributed by atoms with van der Waals surface area (Å²) in [7, 11) is -0.969. The van der Waals surface area contributed by atoms with Gasteiger partial charge < -0.3 is 5.73 Å². The summed E-state index contributed by atoms with van der Waals surface area (Å²) in [5.74, 6) is 0.693. The minimum atomic E-state index is -0.969. The van der Waals surface area contributed by atoms with E-state index in [0.717, 1.165) is 23.3 Å². The van der Waals surface area contributed by atoms with Crippen LogP contribution < -0.4 is 5.73 Å². The molecule has 2 rings (SSSR count). The zero-order valence-corrected chi connectivity index (χ0v) is 13.0. The zero-order chi connectivity index (χ0) is 14.0. The van der Waals surface area contributed by atoms with Crippen molar-refractivity contribution in [2.45, 2.75) is 62.6 Å². The van der Waals surface area contributed by atoms with Gasteiger partial charge in [-0.2, -0.15) is 0 Å². The van der Waals surface area contributed by atoms with Gasteiger partial charge >= 0.3 is 0 Å². The molecule has 0 spiro atoms. The second-order valence-electron chi connectivity index (χ2n) is 5.86. The van der Waals surface area contributed by atoms with Crippen LogP contribution in [0.15, 0.2) is 23.1 Å². The van der Waals surface area contributed by atoms with Crippen molar-refractivity contribution in [1.82, 2.24) is 0 Å². The van der Waals surface area contributed by atoms with Crippen molar-refractivity contribution < 1.29 is 4.21 Å². The summed E-state index contributed by atoms with van der Waals surface area (Å²) in [5.41, 5.74) is 8.52. The first-order valence-corrected chi connectivity index (χ1v) is 8.47. The summed E-state index contributed by atoms with van der Waals surface area (Å²) >= 11 is 0. The third-order valence-corrected chi connectivity index (χ3v) is 6.33. The largest absolute Gasteiger partial charge is 0.327 e. The summed E-state index contributed by atoms with van der Waals surface area (Å²) in [5, 5.41) is 0.124. The molecule has 1 saturated carbocycles. The van der Waals surface area contributed by atoms with Crippen molar-refractivity contribution in [2.24, 2.45) is 11.7 Å². The highest BCUT2D eigenvalue weighted by Crippen LogP contribution is 2.32. The Morgan fingerprint density at radius 1 is 1.32 bits per heavy atom. The van der Waals surface area contributed by atoms with E-state index >= 15 is 0 Å². The SMILES string of the molecule is CCC1CCC(N)C(S(=O)c2cc(C)ccc2C)C1. The lowest BCUT2D eigenvalue weighted by molar-refractivity contribution is 0.324. The molecular weight excluding hydrogens is 254 g/mol. The number of nitrogens with two attached hydrogens (primary N) is 1. The zero-order valence-electron chi connectivity index (χ0n) is 12.2. The average Bonchev–Trinajstić information content (AvgIpc) is 2.41. The molecule has 19 heavy (non-hydrogen) atoms. The van der Waals surface area contributed by atoms with Gasteiger partial charge in [-0.25, -0.2) is 0 Å². The van der Waals surface area contributed by atoms with Crippen LogP contribution >= 0.6 is 0 Å². The van der Waals surface area contributed by atoms with Gasteiger partial charge in [0.2, 0.25) is 0 Å². The molecule has 1 aromatic rings. The van der Waals surface area contributed by atoms with Gasteiger partial charge in [0.05, 0.1) is 16.0 Å². The van der Waals surface area contributed by atoms with E-state index in [1.54, 1.807) is 0 Å². The summed E-state index contributed by atoms with van der Waals surface area (Å²) in [6, 6.07) is 6.29. The number of hydrogen-bond acceptors (Lipinski definition) is 2. The Bertz CT molecular complexity index is 472. The summed E-state index contributed by atoms with van der Waals surface area (Å²) < 4.78 is 12.9. The first kappa shape index (κ1) is 14.7. The molecule has 1 aromatic carbocycles. The van der Waals surface area contributed by atoms with Crippen molar-refractivity contribution >= 4 is 10.8 Å². The van der Waals surface area contributed by atoms with E-state index in [1.807, 2.05) is 6.92 Å². The maximum absolute atomic E-state index is 12.9. The van der Waals surface area contributed by atoms with Crippen molar-refractivity contribution in [1.29, 1.82) is 0 Å². The normalized spacial score (nSPS) is 29.2. The minimum Gasteiger partial charge on any atom is -0.327 e. The standard InChI is InChI=1S/C16H25NOS/c1-4-13-7-8-14(17)16(10-13)19(18)15-9-11(2)5-6-12(15)3/h5-6,9,13-14,16H,4,7-8,10,17H2,1-3H3. The lowest BCUT2D eigenvalue weighted by atomic mass is 9.84. The van der Waals surface area contributed by atoms with E-state index in [2.05, 4.69) is 32.0 Å². The molecule has 1 aliphatic rings. The number of hydrogen-bond donors (Lipinski definition) is 1. The molecule has 1 aliphatic carbocycles. The number of rotatable bonds is 3. The van der Waals surface area contributed by atoms with Crippen LogP contribution in [0.25, 0.3) is 0 Å². The molecule has 0 heterocycles. The Labute approximate surface area is 119 Å². The van der Waals surface area contributed by atoms with Crippen molar-refractivity contribution in [3.8, 4) is 0 Å². The molecule has 0 bridgehead atoms. The van der Waals surface area contributed by atoms with E-state index in [0.29, 0.717) is 5.92 Å². The minimum absolute atomic E-state index is 0.0866. The van der Waals surface area contributed by atoms with Gasteiger partial charge in [0.1, 0.15) is 0 Å². The molecule has 0 radical (unpaired) electrons. The van der Waals surface area contributed by atoms with E-state index in [1.165, 1.54) is 18.4 Å². The Morgan fingerprint density at radius 2 is 2.05 bits per heavy atom. The van der Waals surface area contributed by atoms with Crippen LogP contribution in [-0.2, 0) is 10.8 Å². The Kier molecular flexibility index (Phi) is 4.80. The van der Waals surface area contributed by atoms with Crippen LogP contribution in [0.1, 0.15) is 43.7 Å². The van der Waals surface area contributed by atoms with E-state index in [4.69, 9.17) is 5.73 Å². The van der Waals surface area contributed by atoms with Crippen LogP contribution in [0.2, 0.25) is 0 Å². The molecule has 4 unspecified atom stereocenters. The smallest absolute Gasteiger partial charge is 0.0579 e. The second kappa shape index (κ2) is 6.19. The second-order valence-corrected chi connectivity index (χ2v) is 7.50. The summed E-state index contributed by atoms with van der Waals surface area (Å²) in [6.45, 7) is 6.31.